The van der Waals surface area contributed by atoms with Crippen LogP contribution in [0, 0.1) is 0 Å². The molecule has 5 nitrogen and oxygen atoms in total. The molecule has 18 heavy (non-hydrogen) atoms. The Morgan fingerprint density at radius 2 is 2.17 bits per heavy atom. The van der Waals surface area contributed by atoms with E-state index < -0.39 is 0 Å². The number of hydrogen-bond donors (Lipinski definition) is 1. The van der Waals surface area contributed by atoms with Crippen LogP contribution in [-0.2, 0) is 6.54 Å². The fraction of sp³-hybridized carbons (Fsp3) is 0.0833. The molecule has 2 heterocycles. The maximum atomic E-state index is 5.62. The summed E-state index contributed by atoms with van der Waals surface area (Å²) in [5.74, 6) is 0.695. The highest BCUT2D eigenvalue weighted by Crippen LogP contribution is 2.26. The Morgan fingerprint density at radius 3 is 3.00 bits per heavy atom. The molecule has 0 aliphatic heterocycles. The third kappa shape index (κ3) is 2.15. The number of fused-ring (bicyclic) bond motifs is 1. The molecule has 2 N–H and O–H groups in total. The second-order valence-corrected chi connectivity index (χ2v) is 4.65. The highest BCUT2D eigenvalue weighted by atomic mass is 32.1. The molecular weight excluding hydrogens is 248 g/mol. The van der Waals surface area contributed by atoms with Crippen molar-refractivity contribution in [3.05, 3.63) is 41.5 Å². The first kappa shape index (κ1) is 11.1. The second-order valence-electron chi connectivity index (χ2n) is 3.63. The topological polar surface area (TPSA) is 73.9 Å². The Balaban J connectivity index is 1.90. The van der Waals surface area contributed by atoms with Gasteiger partial charge in [-0.3, -0.25) is 4.98 Å². The number of benzene rings is 1. The van der Waals surface area contributed by atoms with Crippen LogP contribution < -0.4 is 10.5 Å². The Bertz CT molecular complexity index is 682. The smallest absolute Gasteiger partial charge is 0.299 e. The van der Waals surface area contributed by atoms with Gasteiger partial charge in [-0.1, -0.05) is 22.5 Å². The van der Waals surface area contributed by atoms with E-state index >= 15 is 0 Å². The zero-order valence-electron chi connectivity index (χ0n) is 9.41. The summed E-state index contributed by atoms with van der Waals surface area (Å²) in [6, 6.07) is 9.62. The number of hydrogen-bond acceptors (Lipinski definition) is 6. The predicted molar refractivity (Wildman–Crippen MR) is 69.6 cm³/mol. The number of ether oxygens (including phenoxy) is 1. The van der Waals surface area contributed by atoms with Crippen LogP contribution in [-0.4, -0.2) is 15.2 Å². The van der Waals surface area contributed by atoms with Gasteiger partial charge in [0.05, 0.1) is 5.52 Å². The van der Waals surface area contributed by atoms with Crippen molar-refractivity contribution in [2.45, 2.75) is 6.54 Å². The average molecular weight is 258 g/mol. The van der Waals surface area contributed by atoms with Crippen molar-refractivity contribution in [1.82, 2.24) is 15.2 Å². The van der Waals surface area contributed by atoms with Crippen LogP contribution in [0.1, 0.15) is 5.01 Å². The first-order chi connectivity index (χ1) is 8.85. The Kier molecular flexibility index (Phi) is 2.87. The highest BCUT2D eigenvalue weighted by Gasteiger charge is 2.05. The lowest BCUT2D eigenvalue weighted by Gasteiger charge is -2.02. The quantitative estimate of drug-likeness (QED) is 0.780. The Labute approximate surface area is 107 Å². The van der Waals surface area contributed by atoms with Gasteiger partial charge in [0.15, 0.2) is 0 Å². The van der Waals surface area contributed by atoms with Crippen LogP contribution in [0.5, 0.6) is 10.9 Å². The summed E-state index contributed by atoms with van der Waals surface area (Å²) < 4.78 is 5.62. The molecule has 1 aromatic carbocycles. The summed E-state index contributed by atoms with van der Waals surface area (Å²) in [6.45, 7) is 0.375. The van der Waals surface area contributed by atoms with Crippen molar-refractivity contribution in [3.8, 4) is 10.9 Å². The third-order valence-corrected chi connectivity index (χ3v) is 3.23. The minimum atomic E-state index is 0.375. The normalized spacial score (nSPS) is 10.7. The minimum absolute atomic E-state index is 0.375. The largest absolute Gasteiger partial charge is 0.430 e. The maximum absolute atomic E-state index is 5.62. The van der Waals surface area contributed by atoms with Gasteiger partial charge < -0.3 is 10.5 Å². The zero-order valence-corrected chi connectivity index (χ0v) is 10.2. The molecule has 3 aromatic rings. The SMILES string of the molecule is NCc1nnc(Oc2ccc3cccnc3c2)s1. The van der Waals surface area contributed by atoms with Gasteiger partial charge in [-0.05, 0) is 18.2 Å². The molecule has 0 saturated heterocycles. The molecule has 0 radical (unpaired) electrons. The zero-order chi connectivity index (χ0) is 12.4. The van der Waals surface area contributed by atoms with Gasteiger partial charge in [-0.2, -0.15) is 0 Å². The number of rotatable bonds is 3. The van der Waals surface area contributed by atoms with Gasteiger partial charge in [0.25, 0.3) is 5.19 Å². The van der Waals surface area contributed by atoms with E-state index in [0.29, 0.717) is 17.5 Å². The second kappa shape index (κ2) is 4.67. The summed E-state index contributed by atoms with van der Waals surface area (Å²) in [6.07, 6.45) is 1.75. The molecular formula is C12H10N4OS. The fourth-order valence-electron chi connectivity index (χ4n) is 1.57. The number of pyridine rings is 1. The monoisotopic (exact) mass is 258 g/mol. The molecule has 0 aliphatic carbocycles. The summed E-state index contributed by atoms with van der Waals surface area (Å²) in [4.78, 5) is 4.27. The van der Waals surface area contributed by atoms with Crippen LogP contribution in [0.3, 0.4) is 0 Å². The van der Waals surface area contributed by atoms with Crippen molar-refractivity contribution in [1.29, 1.82) is 0 Å². The minimum Gasteiger partial charge on any atom is -0.430 e. The summed E-state index contributed by atoms with van der Waals surface area (Å²) in [5.41, 5.74) is 6.36. The molecule has 3 rings (SSSR count). The molecule has 0 amide bonds. The molecule has 6 heteroatoms. The van der Waals surface area contributed by atoms with Crippen LogP contribution >= 0.6 is 11.3 Å². The van der Waals surface area contributed by atoms with Gasteiger partial charge in [-0.15, -0.1) is 5.10 Å². The Hall–Kier alpha value is -2.05. The average Bonchev–Trinajstić information content (AvgIpc) is 2.86. The summed E-state index contributed by atoms with van der Waals surface area (Å²) in [7, 11) is 0. The molecule has 0 atom stereocenters. The molecule has 0 fully saturated rings. The molecule has 0 bridgehead atoms. The van der Waals surface area contributed by atoms with E-state index in [2.05, 4.69) is 15.2 Å². The lowest BCUT2D eigenvalue weighted by molar-refractivity contribution is 0.473. The van der Waals surface area contributed by atoms with Crippen molar-refractivity contribution in [2.24, 2.45) is 5.73 Å². The summed E-state index contributed by atoms with van der Waals surface area (Å²) >= 11 is 1.34. The number of nitrogens with two attached hydrogens (primary N) is 1. The van der Waals surface area contributed by atoms with Gasteiger partial charge in [0.1, 0.15) is 10.8 Å². The molecule has 0 spiro atoms. The van der Waals surface area contributed by atoms with Crippen LogP contribution in [0.25, 0.3) is 10.9 Å². The van der Waals surface area contributed by atoms with Crippen molar-refractivity contribution in [3.63, 3.8) is 0 Å². The van der Waals surface area contributed by atoms with Crippen LogP contribution in [0.2, 0.25) is 0 Å². The molecule has 0 aliphatic rings. The lowest BCUT2D eigenvalue weighted by Crippen LogP contribution is -1.94. The lowest BCUT2D eigenvalue weighted by atomic mass is 10.2. The number of nitrogens with zero attached hydrogens (tertiary/aromatic N) is 3. The Morgan fingerprint density at radius 1 is 1.22 bits per heavy atom. The molecule has 0 unspecified atom stereocenters. The van der Waals surface area contributed by atoms with Gasteiger partial charge in [0.2, 0.25) is 0 Å². The van der Waals surface area contributed by atoms with Gasteiger partial charge in [0, 0.05) is 24.2 Å². The van der Waals surface area contributed by atoms with E-state index in [1.54, 1.807) is 6.20 Å². The van der Waals surface area contributed by atoms with Crippen LogP contribution in [0.15, 0.2) is 36.5 Å². The number of aromatic nitrogens is 3. The van der Waals surface area contributed by atoms with E-state index in [0.717, 1.165) is 15.9 Å². The predicted octanol–water partition coefficient (Wildman–Crippen LogP) is 2.34. The van der Waals surface area contributed by atoms with E-state index in [4.69, 9.17) is 10.5 Å². The van der Waals surface area contributed by atoms with Crippen LogP contribution in [0.4, 0.5) is 0 Å². The first-order valence-electron chi connectivity index (χ1n) is 5.40. The molecule has 2 aromatic heterocycles. The van der Waals surface area contributed by atoms with E-state index in [9.17, 15) is 0 Å². The van der Waals surface area contributed by atoms with Crippen molar-refractivity contribution >= 4 is 22.2 Å². The highest BCUT2D eigenvalue weighted by molar-refractivity contribution is 7.13. The van der Waals surface area contributed by atoms with Gasteiger partial charge >= 0.3 is 0 Å². The molecule has 90 valence electrons. The van der Waals surface area contributed by atoms with Crippen molar-refractivity contribution < 1.29 is 4.74 Å². The van der Waals surface area contributed by atoms with E-state index in [-0.39, 0.29) is 0 Å². The standard InChI is InChI=1S/C12H10N4OS/c13-7-11-15-16-12(18-11)17-9-4-3-8-2-1-5-14-10(8)6-9/h1-6H,7,13H2. The summed E-state index contributed by atoms with van der Waals surface area (Å²) in [5, 5.41) is 10.1. The van der Waals surface area contributed by atoms with Gasteiger partial charge in [-0.25, -0.2) is 0 Å². The fourth-order valence-corrected chi connectivity index (χ4v) is 2.16. The van der Waals surface area contributed by atoms with Crippen molar-refractivity contribution in [2.75, 3.05) is 0 Å². The first-order valence-corrected chi connectivity index (χ1v) is 6.22. The third-order valence-electron chi connectivity index (χ3n) is 2.41. The maximum Gasteiger partial charge on any atom is 0.299 e. The van der Waals surface area contributed by atoms with E-state index in [1.165, 1.54) is 11.3 Å². The molecule has 0 saturated carbocycles. The van der Waals surface area contributed by atoms with E-state index in [1.807, 2.05) is 30.3 Å².